The van der Waals surface area contributed by atoms with Crippen molar-refractivity contribution in [1.29, 1.82) is 0 Å². The lowest BCUT2D eigenvalue weighted by Gasteiger charge is -2.29. The molecule has 0 amide bonds. The van der Waals surface area contributed by atoms with E-state index in [1.54, 1.807) is 0 Å². The summed E-state index contributed by atoms with van der Waals surface area (Å²) >= 11 is 0. The smallest absolute Gasteiger partial charge is 0.282 e. The highest BCUT2D eigenvalue weighted by Gasteiger charge is 2.18. The van der Waals surface area contributed by atoms with Crippen LogP contribution in [0.5, 0.6) is 0 Å². The minimum absolute atomic E-state index is 0.112. The lowest BCUT2D eigenvalue weighted by atomic mass is 10.1. The molecule has 0 unspecified atom stereocenters. The fourth-order valence-corrected chi connectivity index (χ4v) is 2.27. The van der Waals surface area contributed by atoms with Crippen molar-refractivity contribution in [2.75, 3.05) is 31.2 Å². The van der Waals surface area contributed by atoms with E-state index in [9.17, 15) is 14.4 Å². The Bertz CT molecular complexity index is 680. The van der Waals surface area contributed by atoms with Crippen molar-refractivity contribution in [3.05, 3.63) is 34.6 Å². The third-order valence-corrected chi connectivity index (χ3v) is 3.16. The maximum atomic E-state index is 13.7. The molecule has 1 saturated heterocycles. The Hall–Kier alpha value is -2.15. The average molecular weight is 265 g/mol. The third-order valence-electron chi connectivity index (χ3n) is 3.16. The molecule has 0 atom stereocenters. The number of fused-ring (bicyclic) bond motifs is 1. The maximum absolute atomic E-state index is 13.7. The van der Waals surface area contributed by atoms with Crippen LogP contribution in [0, 0.1) is 5.82 Å². The number of hydrogen-bond acceptors (Lipinski definition) is 5. The molecule has 0 radical (unpaired) electrons. The Morgan fingerprint density at radius 1 is 1.32 bits per heavy atom. The molecule has 1 aliphatic heterocycles. The molecule has 7 heteroatoms. The first-order chi connectivity index (χ1) is 9.16. The van der Waals surface area contributed by atoms with Gasteiger partial charge in [0.25, 0.3) is 5.56 Å². The molecule has 1 aromatic carbocycles. The molecule has 1 aliphatic rings. The second-order valence-corrected chi connectivity index (χ2v) is 4.31. The molecule has 0 bridgehead atoms. The average Bonchev–Trinajstić information content (AvgIpc) is 2.43. The van der Waals surface area contributed by atoms with Crippen LogP contribution in [0.4, 0.5) is 10.1 Å². The number of anilines is 1. The van der Waals surface area contributed by atoms with Crippen molar-refractivity contribution in [2.24, 2.45) is 0 Å². The minimum atomic E-state index is -0.512. The van der Waals surface area contributed by atoms with Gasteiger partial charge in [0.1, 0.15) is 12.1 Å². The molecule has 0 spiro atoms. The van der Waals surface area contributed by atoms with Gasteiger partial charge in [-0.2, -0.15) is 9.71 Å². The Balaban J connectivity index is 2.28. The number of nitrogens with zero attached hydrogens (tertiary/aromatic N) is 3. The summed E-state index contributed by atoms with van der Waals surface area (Å²) in [5.41, 5.74) is 0.0717. The Morgan fingerprint density at radius 3 is 2.79 bits per heavy atom. The summed E-state index contributed by atoms with van der Waals surface area (Å²) in [4.78, 5) is 17.3. The SMILES string of the molecule is O=c1ncn(O)c2cc(F)cc(N3CCOCC3)c12. The standard InChI is InChI=1S/C12H12FN3O3/c13-8-5-9(15-1-3-19-4-2-15)11-10(6-8)16(18)7-14-12(11)17/h5-7,18H,1-4H2. The first-order valence-corrected chi connectivity index (χ1v) is 5.89. The van der Waals surface area contributed by atoms with Crippen molar-refractivity contribution in [1.82, 2.24) is 9.71 Å². The number of ether oxygens (including phenoxy) is 1. The van der Waals surface area contributed by atoms with Gasteiger partial charge in [0.2, 0.25) is 0 Å². The Morgan fingerprint density at radius 2 is 2.05 bits per heavy atom. The van der Waals surface area contributed by atoms with Gasteiger partial charge in [-0.1, -0.05) is 0 Å². The summed E-state index contributed by atoms with van der Waals surface area (Å²) in [5.74, 6) is -0.512. The second-order valence-electron chi connectivity index (χ2n) is 4.31. The second kappa shape index (κ2) is 4.51. The predicted octanol–water partition coefficient (Wildman–Crippen LogP) is 0.610. The van der Waals surface area contributed by atoms with E-state index in [1.165, 1.54) is 6.07 Å². The zero-order valence-corrected chi connectivity index (χ0v) is 10.0. The molecule has 1 N–H and O–H groups in total. The number of rotatable bonds is 1. The van der Waals surface area contributed by atoms with Crippen molar-refractivity contribution in [2.45, 2.75) is 0 Å². The van der Waals surface area contributed by atoms with Crippen molar-refractivity contribution in [3.8, 4) is 0 Å². The number of halogens is 1. The zero-order chi connectivity index (χ0) is 13.4. The molecule has 1 fully saturated rings. The summed E-state index contributed by atoms with van der Waals surface area (Å²) < 4.78 is 19.5. The molecule has 100 valence electrons. The number of benzene rings is 1. The molecule has 3 rings (SSSR count). The first kappa shape index (κ1) is 11.9. The third kappa shape index (κ3) is 2.01. The molecule has 2 heterocycles. The lowest BCUT2D eigenvalue weighted by Crippen LogP contribution is -2.37. The summed E-state index contributed by atoms with van der Waals surface area (Å²) in [7, 11) is 0. The molecule has 6 nitrogen and oxygen atoms in total. The molecule has 19 heavy (non-hydrogen) atoms. The fraction of sp³-hybridized carbons (Fsp3) is 0.333. The number of aromatic nitrogens is 2. The van der Waals surface area contributed by atoms with Crippen molar-refractivity contribution in [3.63, 3.8) is 0 Å². The van der Waals surface area contributed by atoms with Gasteiger partial charge < -0.3 is 14.8 Å². The summed E-state index contributed by atoms with van der Waals surface area (Å²) in [6.07, 6.45) is 0.965. The van der Waals surface area contributed by atoms with E-state index in [4.69, 9.17) is 4.74 Å². The van der Waals surface area contributed by atoms with E-state index < -0.39 is 11.4 Å². The van der Waals surface area contributed by atoms with Crippen LogP contribution in [0.3, 0.4) is 0 Å². The zero-order valence-electron chi connectivity index (χ0n) is 10.0. The Kier molecular flexibility index (Phi) is 2.83. The minimum Gasteiger partial charge on any atom is -0.427 e. The highest BCUT2D eigenvalue weighted by Crippen LogP contribution is 2.25. The molecular formula is C12H12FN3O3. The highest BCUT2D eigenvalue weighted by atomic mass is 19.1. The molecule has 0 aliphatic carbocycles. The van der Waals surface area contributed by atoms with Gasteiger partial charge in [-0.15, -0.1) is 0 Å². The van der Waals surface area contributed by atoms with E-state index in [1.807, 2.05) is 4.90 Å². The van der Waals surface area contributed by atoms with Crippen LogP contribution < -0.4 is 10.5 Å². The summed E-state index contributed by atoms with van der Waals surface area (Å²) in [5, 5.41) is 9.86. The van der Waals surface area contributed by atoms with Crippen LogP contribution in [-0.4, -0.2) is 41.2 Å². The van der Waals surface area contributed by atoms with Crippen LogP contribution in [-0.2, 0) is 4.74 Å². The van der Waals surface area contributed by atoms with Crippen LogP contribution in [0.1, 0.15) is 0 Å². The highest BCUT2D eigenvalue weighted by molar-refractivity contribution is 5.91. The predicted molar refractivity (Wildman–Crippen MR) is 66.2 cm³/mol. The van der Waals surface area contributed by atoms with Gasteiger partial charge in [0, 0.05) is 19.2 Å². The van der Waals surface area contributed by atoms with E-state index in [0.29, 0.717) is 36.7 Å². The normalized spacial score (nSPS) is 15.9. The lowest BCUT2D eigenvalue weighted by molar-refractivity contribution is 0.123. The number of hydrogen-bond donors (Lipinski definition) is 1. The van der Waals surface area contributed by atoms with Crippen LogP contribution in [0.25, 0.3) is 10.9 Å². The van der Waals surface area contributed by atoms with Crippen LogP contribution in [0.2, 0.25) is 0 Å². The van der Waals surface area contributed by atoms with Gasteiger partial charge in [-0.25, -0.2) is 4.39 Å². The summed E-state index contributed by atoms with van der Waals surface area (Å²) in [6.45, 7) is 2.17. The monoisotopic (exact) mass is 265 g/mol. The van der Waals surface area contributed by atoms with Gasteiger partial charge in [-0.05, 0) is 6.07 Å². The number of morpholine rings is 1. The molecular weight excluding hydrogens is 253 g/mol. The molecule has 1 aromatic heterocycles. The summed E-state index contributed by atoms with van der Waals surface area (Å²) in [6, 6.07) is 2.40. The molecule has 2 aromatic rings. The Labute approximate surface area is 107 Å². The van der Waals surface area contributed by atoms with Gasteiger partial charge in [0.05, 0.1) is 29.8 Å². The van der Waals surface area contributed by atoms with Gasteiger partial charge in [-0.3, -0.25) is 4.79 Å². The fourth-order valence-electron chi connectivity index (χ4n) is 2.27. The quantitative estimate of drug-likeness (QED) is 0.765. The first-order valence-electron chi connectivity index (χ1n) is 5.89. The maximum Gasteiger partial charge on any atom is 0.282 e. The van der Waals surface area contributed by atoms with E-state index in [-0.39, 0.29) is 10.9 Å². The van der Waals surface area contributed by atoms with E-state index in [0.717, 1.165) is 12.4 Å². The van der Waals surface area contributed by atoms with E-state index >= 15 is 0 Å². The largest absolute Gasteiger partial charge is 0.427 e. The van der Waals surface area contributed by atoms with Crippen molar-refractivity contribution < 1.29 is 14.3 Å². The van der Waals surface area contributed by atoms with Gasteiger partial charge in [0.15, 0.2) is 0 Å². The van der Waals surface area contributed by atoms with Gasteiger partial charge >= 0.3 is 0 Å². The van der Waals surface area contributed by atoms with Crippen LogP contribution in [0.15, 0.2) is 23.3 Å². The van der Waals surface area contributed by atoms with Crippen LogP contribution >= 0.6 is 0 Å². The van der Waals surface area contributed by atoms with E-state index in [2.05, 4.69) is 4.98 Å². The van der Waals surface area contributed by atoms with Crippen molar-refractivity contribution >= 4 is 16.6 Å². The topological polar surface area (TPSA) is 67.6 Å². The molecule has 0 saturated carbocycles.